The van der Waals surface area contributed by atoms with Crippen LogP contribution in [0.5, 0.6) is 11.5 Å². The van der Waals surface area contributed by atoms with Gasteiger partial charge < -0.3 is 24.8 Å². The Bertz CT molecular complexity index is 671. The number of benzene rings is 1. The lowest BCUT2D eigenvalue weighted by atomic mass is 10.0. The second-order valence-corrected chi connectivity index (χ2v) is 6.18. The molecule has 25 heavy (non-hydrogen) atoms. The zero-order valence-corrected chi connectivity index (χ0v) is 14.5. The van der Waals surface area contributed by atoms with Gasteiger partial charge in [-0.2, -0.15) is 0 Å². The number of hydrogen-bond acceptors (Lipinski definition) is 6. The monoisotopic (exact) mass is 350 g/mol. The molecule has 2 amide bonds. The van der Waals surface area contributed by atoms with Crippen LogP contribution in [0.1, 0.15) is 19.4 Å². The van der Waals surface area contributed by atoms with Crippen molar-refractivity contribution in [1.29, 1.82) is 0 Å². The van der Waals surface area contributed by atoms with Gasteiger partial charge in [0, 0.05) is 19.0 Å². The molecule has 136 valence electrons. The highest BCUT2D eigenvalue weighted by Crippen LogP contribution is 2.41. The topological polar surface area (TPSA) is 103 Å². The minimum atomic E-state index is -0.690. The van der Waals surface area contributed by atoms with Gasteiger partial charge in [-0.1, -0.05) is 12.1 Å². The first-order valence-corrected chi connectivity index (χ1v) is 7.87. The van der Waals surface area contributed by atoms with Crippen molar-refractivity contribution in [3.05, 3.63) is 23.8 Å². The summed E-state index contributed by atoms with van der Waals surface area (Å²) >= 11 is 0. The molecule has 1 aliphatic rings. The lowest BCUT2D eigenvalue weighted by Gasteiger charge is -2.18. The largest absolute Gasteiger partial charge is 0.483 e. The molecular formula is C17H22N2O6. The van der Waals surface area contributed by atoms with Crippen LogP contribution in [0.15, 0.2) is 18.2 Å². The third-order valence-corrected chi connectivity index (χ3v) is 3.49. The Morgan fingerprint density at radius 3 is 2.68 bits per heavy atom. The van der Waals surface area contributed by atoms with E-state index < -0.39 is 18.5 Å². The van der Waals surface area contributed by atoms with E-state index in [0.717, 1.165) is 12.0 Å². The molecule has 0 bridgehead atoms. The van der Waals surface area contributed by atoms with Crippen molar-refractivity contribution in [2.45, 2.75) is 25.9 Å². The van der Waals surface area contributed by atoms with Gasteiger partial charge in [0.05, 0.1) is 6.54 Å². The summed E-state index contributed by atoms with van der Waals surface area (Å²) in [6.07, 6.45) is 0.759. The van der Waals surface area contributed by atoms with Gasteiger partial charge in [0.15, 0.2) is 24.7 Å². The quantitative estimate of drug-likeness (QED) is 0.680. The number of amides is 2. The fourth-order valence-electron chi connectivity index (χ4n) is 2.34. The maximum atomic E-state index is 11.7. The van der Waals surface area contributed by atoms with Crippen molar-refractivity contribution in [1.82, 2.24) is 10.6 Å². The van der Waals surface area contributed by atoms with Crippen LogP contribution >= 0.6 is 0 Å². The number of carbonyl (C=O) groups excluding carboxylic acids is 3. The summed E-state index contributed by atoms with van der Waals surface area (Å²) in [4.78, 5) is 34.1. The molecule has 8 heteroatoms. The van der Waals surface area contributed by atoms with Crippen LogP contribution in [-0.4, -0.2) is 50.2 Å². The SMILES string of the molecule is CNC(=O)CNC(=O)COC(=O)COc1cccc2c1OC(C)(C)C2. The summed E-state index contributed by atoms with van der Waals surface area (Å²) in [5, 5.41) is 4.67. The van der Waals surface area contributed by atoms with Crippen molar-refractivity contribution < 1.29 is 28.6 Å². The third-order valence-electron chi connectivity index (χ3n) is 3.49. The zero-order chi connectivity index (χ0) is 18.4. The lowest BCUT2D eigenvalue weighted by molar-refractivity contribution is -0.150. The van der Waals surface area contributed by atoms with Gasteiger partial charge in [0.2, 0.25) is 5.91 Å². The summed E-state index contributed by atoms with van der Waals surface area (Å²) in [6, 6.07) is 5.49. The van der Waals surface area contributed by atoms with E-state index in [9.17, 15) is 14.4 Å². The molecule has 0 aliphatic carbocycles. The Labute approximate surface area is 145 Å². The van der Waals surface area contributed by atoms with Crippen molar-refractivity contribution in [3.8, 4) is 11.5 Å². The van der Waals surface area contributed by atoms with Crippen molar-refractivity contribution >= 4 is 17.8 Å². The number of ether oxygens (including phenoxy) is 3. The predicted octanol–water partition coefficient (Wildman–Crippen LogP) is 0.184. The normalized spacial score (nSPS) is 14.0. The molecule has 0 unspecified atom stereocenters. The second-order valence-electron chi connectivity index (χ2n) is 6.18. The molecule has 0 saturated heterocycles. The molecule has 0 aromatic heterocycles. The number of hydrogen-bond donors (Lipinski definition) is 2. The average molecular weight is 350 g/mol. The number of fused-ring (bicyclic) bond motifs is 1. The van der Waals surface area contributed by atoms with Crippen LogP contribution in [0.3, 0.4) is 0 Å². The highest BCUT2D eigenvalue weighted by atomic mass is 16.6. The molecule has 0 saturated carbocycles. The molecule has 2 rings (SSSR count). The van der Waals surface area contributed by atoms with E-state index in [-0.39, 0.29) is 24.7 Å². The van der Waals surface area contributed by atoms with E-state index in [1.807, 2.05) is 26.0 Å². The summed E-state index contributed by atoms with van der Waals surface area (Å²) in [5.74, 6) is -0.510. The molecule has 8 nitrogen and oxygen atoms in total. The Kier molecular flexibility index (Phi) is 5.84. The number of rotatable bonds is 7. The van der Waals surface area contributed by atoms with E-state index in [4.69, 9.17) is 14.2 Å². The highest BCUT2D eigenvalue weighted by Gasteiger charge is 2.32. The smallest absolute Gasteiger partial charge is 0.344 e. The molecular weight excluding hydrogens is 328 g/mol. The first kappa shape index (κ1) is 18.6. The van der Waals surface area contributed by atoms with Crippen LogP contribution < -0.4 is 20.1 Å². The Morgan fingerprint density at radius 2 is 1.96 bits per heavy atom. The lowest BCUT2D eigenvalue weighted by Crippen LogP contribution is -2.37. The fraction of sp³-hybridized carbons (Fsp3) is 0.471. The number of esters is 1. The summed E-state index contributed by atoms with van der Waals surface area (Å²) < 4.78 is 16.1. The summed E-state index contributed by atoms with van der Waals surface area (Å²) in [7, 11) is 1.46. The van der Waals surface area contributed by atoms with Crippen LogP contribution in [0, 0.1) is 0 Å². The van der Waals surface area contributed by atoms with E-state index in [2.05, 4.69) is 10.6 Å². The Hall–Kier alpha value is -2.77. The summed E-state index contributed by atoms with van der Waals surface area (Å²) in [6.45, 7) is 2.95. The minimum Gasteiger partial charge on any atom is -0.483 e. The maximum absolute atomic E-state index is 11.7. The van der Waals surface area contributed by atoms with Gasteiger partial charge in [0.1, 0.15) is 5.60 Å². The molecule has 0 atom stereocenters. The summed E-state index contributed by atoms with van der Waals surface area (Å²) in [5.41, 5.74) is 0.704. The van der Waals surface area contributed by atoms with Crippen LogP contribution in [-0.2, 0) is 25.5 Å². The number of para-hydroxylation sites is 1. The van der Waals surface area contributed by atoms with Gasteiger partial charge in [-0.25, -0.2) is 4.79 Å². The van der Waals surface area contributed by atoms with E-state index in [1.54, 1.807) is 6.07 Å². The molecule has 0 radical (unpaired) electrons. The number of nitrogens with one attached hydrogen (secondary N) is 2. The molecule has 1 heterocycles. The molecule has 0 spiro atoms. The number of likely N-dealkylation sites (N-methyl/N-ethyl adjacent to an activating group) is 1. The predicted molar refractivity (Wildman–Crippen MR) is 88.4 cm³/mol. The molecule has 2 N–H and O–H groups in total. The van der Waals surface area contributed by atoms with Crippen LogP contribution in [0.4, 0.5) is 0 Å². The van der Waals surface area contributed by atoms with Crippen molar-refractivity contribution in [2.75, 3.05) is 26.8 Å². The van der Waals surface area contributed by atoms with E-state index in [1.165, 1.54) is 7.05 Å². The standard InChI is InChI=1S/C17H22N2O6/c1-17(2)7-11-5-4-6-12(16(11)25-17)23-10-15(22)24-9-14(21)19-8-13(20)18-3/h4-6H,7-10H2,1-3H3,(H,18,20)(H,19,21). The highest BCUT2D eigenvalue weighted by molar-refractivity contribution is 5.86. The first-order chi connectivity index (χ1) is 11.8. The van der Waals surface area contributed by atoms with E-state index in [0.29, 0.717) is 11.5 Å². The maximum Gasteiger partial charge on any atom is 0.344 e. The van der Waals surface area contributed by atoms with Gasteiger partial charge in [-0.15, -0.1) is 0 Å². The van der Waals surface area contributed by atoms with Crippen molar-refractivity contribution in [3.63, 3.8) is 0 Å². The zero-order valence-electron chi connectivity index (χ0n) is 14.5. The second kappa shape index (κ2) is 7.87. The van der Waals surface area contributed by atoms with Crippen LogP contribution in [0.2, 0.25) is 0 Å². The first-order valence-electron chi connectivity index (χ1n) is 7.87. The fourth-order valence-corrected chi connectivity index (χ4v) is 2.34. The van der Waals surface area contributed by atoms with Gasteiger partial charge in [-0.05, 0) is 19.9 Å². The molecule has 1 aromatic rings. The third kappa shape index (κ3) is 5.37. The average Bonchev–Trinajstić information content (AvgIpc) is 2.90. The minimum absolute atomic E-state index is 0.174. The molecule has 0 fully saturated rings. The molecule has 1 aromatic carbocycles. The van der Waals surface area contributed by atoms with Gasteiger partial charge in [0.25, 0.3) is 5.91 Å². The van der Waals surface area contributed by atoms with Gasteiger partial charge in [-0.3, -0.25) is 9.59 Å². The van der Waals surface area contributed by atoms with E-state index >= 15 is 0 Å². The Balaban J connectivity index is 1.77. The van der Waals surface area contributed by atoms with Gasteiger partial charge >= 0.3 is 5.97 Å². The Morgan fingerprint density at radius 1 is 1.20 bits per heavy atom. The van der Waals surface area contributed by atoms with Crippen LogP contribution in [0.25, 0.3) is 0 Å². The number of carbonyl (C=O) groups is 3. The molecule has 1 aliphatic heterocycles. The van der Waals surface area contributed by atoms with Crippen molar-refractivity contribution in [2.24, 2.45) is 0 Å².